The molecule has 4 rings (SSSR count). The summed E-state index contributed by atoms with van der Waals surface area (Å²) in [6, 6.07) is 6.91. The zero-order valence-electron chi connectivity index (χ0n) is 18.4. The average Bonchev–Trinajstić information content (AvgIpc) is 3.36. The van der Waals surface area contributed by atoms with E-state index < -0.39 is 17.6 Å². The quantitative estimate of drug-likeness (QED) is 0.697. The zero-order chi connectivity index (χ0) is 22.0. The standard InChI is InChI=1S/C23H32N4O4/c1-17(27-21(29)23(24-22(27)30)10-3-4-11-23)20(28)26-15-13-25(14-16-26)12-9-18-5-7-19(31-2)8-6-18/h5-8,17H,3-4,9-16H2,1-2H3,(H,24,30). The number of amides is 4. The van der Waals surface area contributed by atoms with Crippen LogP contribution in [0.2, 0.25) is 0 Å². The number of imide groups is 1. The van der Waals surface area contributed by atoms with Crippen molar-refractivity contribution in [1.29, 1.82) is 0 Å². The van der Waals surface area contributed by atoms with Crippen molar-refractivity contribution in [2.45, 2.75) is 50.6 Å². The van der Waals surface area contributed by atoms with Crippen LogP contribution in [0.15, 0.2) is 24.3 Å². The van der Waals surface area contributed by atoms with E-state index in [2.05, 4.69) is 22.3 Å². The van der Waals surface area contributed by atoms with E-state index in [1.54, 1.807) is 18.9 Å². The SMILES string of the molecule is COc1ccc(CCN2CCN(C(=O)C(C)N3C(=O)NC4(CCCC4)C3=O)CC2)cc1. The Bertz CT molecular complexity index is 826. The number of piperazine rings is 1. The van der Waals surface area contributed by atoms with Gasteiger partial charge in [-0.1, -0.05) is 25.0 Å². The zero-order valence-corrected chi connectivity index (χ0v) is 18.4. The number of ether oxygens (including phenoxy) is 1. The first-order chi connectivity index (χ1) is 14.9. The lowest BCUT2D eigenvalue weighted by Crippen LogP contribution is -2.55. The molecule has 0 radical (unpaired) electrons. The van der Waals surface area contributed by atoms with Crippen molar-refractivity contribution in [3.63, 3.8) is 0 Å². The summed E-state index contributed by atoms with van der Waals surface area (Å²) in [6.07, 6.45) is 4.14. The van der Waals surface area contributed by atoms with Crippen LogP contribution in [0.25, 0.3) is 0 Å². The lowest BCUT2D eigenvalue weighted by Gasteiger charge is -2.37. The molecule has 1 N–H and O–H groups in total. The number of rotatable bonds is 6. The molecule has 3 fully saturated rings. The van der Waals surface area contributed by atoms with Gasteiger partial charge in [0.25, 0.3) is 5.91 Å². The van der Waals surface area contributed by atoms with Gasteiger partial charge in [-0.25, -0.2) is 9.69 Å². The van der Waals surface area contributed by atoms with Gasteiger partial charge in [-0.15, -0.1) is 0 Å². The Kier molecular flexibility index (Phi) is 6.18. The molecule has 2 aliphatic heterocycles. The molecule has 168 valence electrons. The summed E-state index contributed by atoms with van der Waals surface area (Å²) in [5.41, 5.74) is 0.485. The second kappa shape index (κ2) is 8.86. The summed E-state index contributed by atoms with van der Waals surface area (Å²) in [5, 5.41) is 2.86. The largest absolute Gasteiger partial charge is 0.497 e. The van der Waals surface area contributed by atoms with Gasteiger partial charge in [0.2, 0.25) is 5.91 Å². The van der Waals surface area contributed by atoms with Gasteiger partial charge in [0, 0.05) is 32.7 Å². The normalized spacial score (nSPS) is 22.1. The van der Waals surface area contributed by atoms with E-state index in [0.29, 0.717) is 25.9 Å². The van der Waals surface area contributed by atoms with Gasteiger partial charge in [-0.2, -0.15) is 0 Å². The summed E-state index contributed by atoms with van der Waals surface area (Å²) in [6.45, 7) is 5.40. The fourth-order valence-electron chi connectivity index (χ4n) is 4.96. The van der Waals surface area contributed by atoms with Gasteiger partial charge in [0.15, 0.2) is 0 Å². The highest BCUT2D eigenvalue weighted by Crippen LogP contribution is 2.36. The predicted octanol–water partition coefficient (Wildman–Crippen LogP) is 1.64. The molecule has 3 aliphatic rings. The molecule has 1 saturated carbocycles. The van der Waals surface area contributed by atoms with Crippen molar-refractivity contribution in [2.75, 3.05) is 39.8 Å². The first-order valence-corrected chi connectivity index (χ1v) is 11.2. The lowest BCUT2D eigenvalue weighted by molar-refractivity contribution is -0.143. The maximum absolute atomic E-state index is 13.0. The highest BCUT2D eigenvalue weighted by Gasteiger charge is 2.54. The van der Waals surface area contributed by atoms with Crippen LogP contribution in [0.1, 0.15) is 38.2 Å². The number of urea groups is 1. The maximum Gasteiger partial charge on any atom is 0.325 e. The number of methoxy groups -OCH3 is 1. The predicted molar refractivity (Wildman–Crippen MR) is 116 cm³/mol. The van der Waals surface area contributed by atoms with E-state index in [0.717, 1.165) is 49.5 Å². The molecule has 31 heavy (non-hydrogen) atoms. The number of nitrogens with zero attached hydrogens (tertiary/aromatic N) is 3. The third kappa shape index (κ3) is 4.26. The molecule has 1 spiro atoms. The summed E-state index contributed by atoms with van der Waals surface area (Å²) in [5.74, 6) is 0.483. The van der Waals surface area contributed by atoms with Gasteiger partial charge in [-0.3, -0.25) is 14.5 Å². The van der Waals surface area contributed by atoms with Crippen molar-refractivity contribution < 1.29 is 19.1 Å². The Morgan fingerprint density at radius 1 is 1.10 bits per heavy atom. The first-order valence-electron chi connectivity index (χ1n) is 11.2. The van der Waals surface area contributed by atoms with Crippen molar-refractivity contribution in [3.8, 4) is 5.75 Å². The van der Waals surface area contributed by atoms with Crippen molar-refractivity contribution in [3.05, 3.63) is 29.8 Å². The van der Waals surface area contributed by atoms with Crippen LogP contribution in [0, 0.1) is 0 Å². The molecule has 1 aromatic rings. The van der Waals surface area contributed by atoms with Crippen LogP contribution in [-0.4, -0.2) is 84.0 Å². The molecule has 8 nitrogen and oxygen atoms in total. The second-order valence-electron chi connectivity index (χ2n) is 8.84. The fraction of sp³-hybridized carbons (Fsp3) is 0.609. The van der Waals surface area contributed by atoms with Crippen LogP contribution in [-0.2, 0) is 16.0 Å². The van der Waals surface area contributed by atoms with Gasteiger partial charge >= 0.3 is 6.03 Å². The van der Waals surface area contributed by atoms with Crippen molar-refractivity contribution >= 4 is 17.8 Å². The summed E-state index contributed by atoms with van der Waals surface area (Å²) in [7, 11) is 1.66. The Morgan fingerprint density at radius 3 is 2.35 bits per heavy atom. The minimum absolute atomic E-state index is 0.145. The molecule has 2 heterocycles. The number of carbonyl (C=O) groups excluding carboxylic acids is 3. The molecule has 1 atom stereocenters. The molecule has 1 unspecified atom stereocenters. The number of nitrogens with one attached hydrogen (secondary N) is 1. The molecule has 4 amide bonds. The van der Waals surface area contributed by atoms with Crippen LogP contribution < -0.4 is 10.1 Å². The van der Waals surface area contributed by atoms with Crippen LogP contribution >= 0.6 is 0 Å². The highest BCUT2D eigenvalue weighted by atomic mass is 16.5. The van der Waals surface area contributed by atoms with E-state index in [1.165, 1.54) is 5.56 Å². The minimum Gasteiger partial charge on any atom is -0.497 e. The Labute approximate surface area is 183 Å². The van der Waals surface area contributed by atoms with E-state index in [1.807, 2.05) is 12.1 Å². The van der Waals surface area contributed by atoms with Crippen molar-refractivity contribution in [2.24, 2.45) is 0 Å². The number of carbonyl (C=O) groups is 3. The molecule has 0 bridgehead atoms. The molecule has 2 saturated heterocycles. The van der Waals surface area contributed by atoms with Crippen LogP contribution in [0.5, 0.6) is 5.75 Å². The topological polar surface area (TPSA) is 82.2 Å². The Hall–Kier alpha value is -2.61. The average molecular weight is 429 g/mol. The van der Waals surface area contributed by atoms with Crippen LogP contribution in [0.3, 0.4) is 0 Å². The fourth-order valence-corrected chi connectivity index (χ4v) is 4.96. The van der Waals surface area contributed by atoms with Crippen molar-refractivity contribution in [1.82, 2.24) is 20.0 Å². The molecule has 1 aliphatic carbocycles. The maximum atomic E-state index is 13.0. The molecule has 1 aromatic carbocycles. The lowest BCUT2D eigenvalue weighted by atomic mass is 9.97. The third-order valence-corrected chi connectivity index (χ3v) is 6.95. The van der Waals surface area contributed by atoms with E-state index in [9.17, 15) is 14.4 Å². The number of benzene rings is 1. The van der Waals surface area contributed by atoms with Gasteiger partial charge < -0.3 is 15.0 Å². The summed E-state index contributed by atoms with van der Waals surface area (Å²) < 4.78 is 5.20. The first kappa shape index (κ1) is 21.6. The van der Waals surface area contributed by atoms with Gasteiger partial charge in [0.05, 0.1) is 7.11 Å². The van der Waals surface area contributed by atoms with Gasteiger partial charge in [-0.05, 0) is 43.9 Å². The summed E-state index contributed by atoms with van der Waals surface area (Å²) in [4.78, 5) is 43.8. The van der Waals surface area contributed by atoms with Gasteiger partial charge in [0.1, 0.15) is 17.3 Å². The van der Waals surface area contributed by atoms with Crippen LogP contribution in [0.4, 0.5) is 4.79 Å². The number of hydrogen-bond acceptors (Lipinski definition) is 5. The molecule has 8 heteroatoms. The number of hydrogen-bond donors (Lipinski definition) is 1. The Balaban J connectivity index is 1.27. The van der Waals surface area contributed by atoms with E-state index in [-0.39, 0.29) is 11.8 Å². The summed E-state index contributed by atoms with van der Waals surface area (Å²) >= 11 is 0. The molecular formula is C23H32N4O4. The Morgan fingerprint density at radius 2 is 1.74 bits per heavy atom. The van der Waals surface area contributed by atoms with E-state index >= 15 is 0 Å². The monoisotopic (exact) mass is 428 g/mol. The smallest absolute Gasteiger partial charge is 0.325 e. The molecular weight excluding hydrogens is 396 g/mol. The highest BCUT2D eigenvalue weighted by molar-refractivity contribution is 6.10. The second-order valence-corrected chi connectivity index (χ2v) is 8.84. The minimum atomic E-state index is -0.772. The third-order valence-electron chi connectivity index (χ3n) is 6.95. The van der Waals surface area contributed by atoms with E-state index in [4.69, 9.17) is 4.74 Å². The molecule has 0 aromatic heterocycles.